The Morgan fingerprint density at radius 1 is 1.40 bits per heavy atom. The first kappa shape index (κ1) is 11.8. The molecule has 1 atom stereocenters. The minimum absolute atomic E-state index is 0.0897. The Balaban J connectivity index is 2.94. The summed E-state index contributed by atoms with van der Waals surface area (Å²) in [5, 5.41) is 0. The number of benzene rings is 1. The van der Waals surface area contributed by atoms with Crippen LogP contribution >= 0.6 is 0 Å². The van der Waals surface area contributed by atoms with E-state index < -0.39 is 0 Å². The Morgan fingerprint density at radius 3 is 2.67 bits per heavy atom. The average Bonchev–Trinajstić information content (AvgIpc) is 2.17. The van der Waals surface area contributed by atoms with Crippen molar-refractivity contribution < 1.29 is 9.53 Å². The molecule has 0 aromatic heterocycles. The van der Waals surface area contributed by atoms with E-state index in [0.717, 1.165) is 18.4 Å². The monoisotopic (exact) mass is 206 g/mol. The molecule has 0 fully saturated rings. The van der Waals surface area contributed by atoms with Gasteiger partial charge >= 0.3 is 0 Å². The smallest absolute Gasteiger partial charge is 0.293 e. The zero-order valence-electron chi connectivity index (χ0n) is 9.62. The summed E-state index contributed by atoms with van der Waals surface area (Å²) < 4.78 is 5.11. The van der Waals surface area contributed by atoms with Crippen LogP contribution in [0.3, 0.4) is 0 Å². The molecule has 0 radical (unpaired) electrons. The first-order valence-electron chi connectivity index (χ1n) is 5.35. The Bertz CT molecular complexity index is 331. The molecule has 1 rings (SSSR count). The average molecular weight is 206 g/mol. The second-order valence-electron chi connectivity index (χ2n) is 3.87. The molecule has 0 spiro atoms. The van der Waals surface area contributed by atoms with E-state index in [1.165, 1.54) is 11.1 Å². The molecule has 1 unspecified atom stereocenters. The van der Waals surface area contributed by atoms with Crippen molar-refractivity contribution in [2.75, 3.05) is 0 Å². The van der Waals surface area contributed by atoms with E-state index in [2.05, 4.69) is 39.0 Å². The Kier molecular flexibility index (Phi) is 4.35. The van der Waals surface area contributed by atoms with E-state index in [1.54, 1.807) is 0 Å². The number of rotatable bonds is 5. The molecule has 0 aliphatic rings. The van der Waals surface area contributed by atoms with Gasteiger partial charge in [-0.1, -0.05) is 37.1 Å². The lowest BCUT2D eigenvalue weighted by Gasteiger charge is -2.17. The predicted molar refractivity (Wildman–Crippen MR) is 60.7 cm³/mol. The van der Waals surface area contributed by atoms with Gasteiger partial charge in [-0.15, -0.1) is 0 Å². The predicted octanol–water partition coefficient (Wildman–Crippen LogP) is 3.32. The van der Waals surface area contributed by atoms with Crippen LogP contribution in [0.5, 0.6) is 0 Å². The molecular formula is C13H18O2. The van der Waals surface area contributed by atoms with E-state index in [4.69, 9.17) is 4.74 Å². The van der Waals surface area contributed by atoms with Crippen LogP contribution in [-0.4, -0.2) is 6.47 Å². The van der Waals surface area contributed by atoms with Crippen LogP contribution in [0.1, 0.15) is 42.6 Å². The van der Waals surface area contributed by atoms with Gasteiger partial charge in [0.15, 0.2) is 0 Å². The van der Waals surface area contributed by atoms with Gasteiger partial charge in [-0.25, -0.2) is 0 Å². The first-order valence-corrected chi connectivity index (χ1v) is 5.35. The molecule has 0 bridgehead atoms. The molecule has 1 aromatic rings. The maximum Gasteiger partial charge on any atom is 0.293 e. The van der Waals surface area contributed by atoms with Gasteiger partial charge in [-0.05, 0) is 31.4 Å². The summed E-state index contributed by atoms with van der Waals surface area (Å²) in [6, 6.07) is 6.22. The zero-order valence-corrected chi connectivity index (χ0v) is 9.62. The second-order valence-corrected chi connectivity index (χ2v) is 3.87. The molecule has 15 heavy (non-hydrogen) atoms. The number of carbonyl (C=O) groups is 1. The van der Waals surface area contributed by atoms with Crippen molar-refractivity contribution in [3.63, 3.8) is 0 Å². The SMILES string of the molecule is CCCC(OC=O)c1ccc(C)cc1C. The van der Waals surface area contributed by atoms with Gasteiger partial charge in [-0.2, -0.15) is 0 Å². The fourth-order valence-electron chi connectivity index (χ4n) is 1.81. The van der Waals surface area contributed by atoms with E-state index in [0.29, 0.717) is 6.47 Å². The van der Waals surface area contributed by atoms with E-state index in [9.17, 15) is 4.79 Å². The highest BCUT2D eigenvalue weighted by atomic mass is 16.5. The number of hydrogen-bond donors (Lipinski definition) is 0. The fraction of sp³-hybridized carbons (Fsp3) is 0.462. The molecule has 1 aromatic carbocycles. The van der Waals surface area contributed by atoms with Gasteiger partial charge in [-0.3, -0.25) is 4.79 Å². The topological polar surface area (TPSA) is 26.3 Å². The lowest BCUT2D eigenvalue weighted by Crippen LogP contribution is -2.05. The lowest BCUT2D eigenvalue weighted by atomic mass is 9.98. The van der Waals surface area contributed by atoms with Crippen LogP contribution in [0.4, 0.5) is 0 Å². The molecule has 82 valence electrons. The van der Waals surface area contributed by atoms with Gasteiger partial charge in [0, 0.05) is 0 Å². The minimum atomic E-state index is -0.0897. The molecule has 0 amide bonds. The number of aryl methyl sites for hydroxylation is 2. The molecule has 0 saturated carbocycles. The van der Waals surface area contributed by atoms with Gasteiger partial charge in [0.25, 0.3) is 6.47 Å². The van der Waals surface area contributed by atoms with Crippen molar-refractivity contribution in [1.29, 1.82) is 0 Å². The van der Waals surface area contributed by atoms with Crippen molar-refractivity contribution in [2.45, 2.75) is 39.7 Å². The highest BCUT2D eigenvalue weighted by Crippen LogP contribution is 2.25. The van der Waals surface area contributed by atoms with Crippen molar-refractivity contribution in [1.82, 2.24) is 0 Å². The maximum absolute atomic E-state index is 10.4. The van der Waals surface area contributed by atoms with Crippen LogP contribution in [0.2, 0.25) is 0 Å². The van der Waals surface area contributed by atoms with E-state index in [1.807, 2.05) is 0 Å². The number of carbonyl (C=O) groups excluding carboxylic acids is 1. The Hall–Kier alpha value is -1.31. The molecule has 2 heteroatoms. The van der Waals surface area contributed by atoms with Crippen LogP contribution < -0.4 is 0 Å². The summed E-state index contributed by atoms with van der Waals surface area (Å²) in [6.07, 6.45) is 1.79. The lowest BCUT2D eigenvalue weighted by molar-refractivity contribution is -0.134. The van der Waals surface area contributed by atoms with Gasteiger partial charge in [0.2, 0.25) is 0 Å². The summed E-state index contributed by atoms with van der Waals surface area (Å²) in [5.74, 6) is 0. The van der Waals surface area contributed by atoms with Gasteiger partial charge < -0.3 is 4.74 Å². The summed E-state index contributed by atoms with van der Waals surface area (Å²) in [7, 11) is 0. The third-order valence-corrected chi connectivity index (χ3v) is 2.54. The standard InChI is InChI=1S/C13H18O2/c1-4-5-13(15-9-14)12-7-6-10(2)8-11(12)3/h6-9,13H,4-5H2,1-3H3. The number of ether oxygens (including phenoxy) is 1. The Morgan fingerprint density at radius 2 is 2.13 bits per heavy atom. The normalized spacial score (nSPS) is 12.2. The molecule has 0 N–H and O–H groups in total. The largest absolute Gasteiger partial charge is 0.460 e. The summed E-state index contributed by atoms with van der Waals surface area (Å²) in [5.41, 5.74) is 3.54. The molecule has 0 aliphatic carbocycles. The summed E-state index contributed by atoms with van der Waals surface area (Å²) in [4.78, 5) is 10.4. The van der Waals surface area contributed by atoms with Gasteiger partial charge in [0.05, 0.1) is 0 Å². The molecule has 0 aliphatic heterocycles. The zero-order chi connectivity index (χ0) is 11.3. The molecule has 2 nitrogen and oxygen atoms in total. The van der Waals surface area contributed by atoms with Crippen molar-refractivity contribution in [3.05, 3.63) is 34.9 Å². The molecule has 0 saturated heterocycles. The highest BCUT2D eigenvalue weighted by Gasteiger charge is 2.13. The minimum Gasteiger partial charge on any atom is -0.460 e. The Labute approximate surface area is 91.3 Å². The van der Waals surface area contributed by atoms with Crippen molar-refractivity contribution in [2.24, 2.45) is 0 Å². The van der Waals surface area contributed by atoms with Crippen LogP contribution in [-0.2, 0) is 9.53 Å². The van der Waals surface area contributed by atoms with E-state index in [-0.39, 0.29) is 6.10 Å². The first-order chi connectivity index (χ1) is 7.19. The maximum atomic E-state index is 10.4. The van der Waals surface area contributed by atoms with E-state index >= 15 is 0 Å². The van der Waals surface area contributed by atoms with Crippen LogP contribution in [0.25, 0.3) is 0 Å². The van der Waals surface area contributed by atoms with Crippen molar-refractivity contribution in [3.8, 4) is 0 Å². The quantitative estimate of drug-likeness (QED) is 0.691. The highest BCUT2D eigenvalue weighted by molar-refractivity contribution is 5.40. The number of hydrogen-bond acceptors (Lipinski definition) is 2. The second kappa shape index (κ2) is 5.54. The van der Waals surface area contributed by atoms with Crippen LogP contribution in [0, 0.1) is 13.8 Å². The van der Waals surface area contributed by atoms with Crippen LogP contribution in [0.15, 0.2) is 18.2 Å². The third kappa shape index (κ3) is 3.08. The summed E-state index contributed by atoms with van der Waals surface area (Å²) in [6.45, 7) is 6.75. The fourth-order valence-corrected chi connectivity index (χ4v) is 1.81. The third-order valence-electron chi connectivity index (χ3n) is 2.54. The molecule has 0 heterocycles. The van der Waals surface area contributed by atoms with Gasteiger partial charge in [0.1, 0.15) is 6.10 Å². The summed E-state index contributed by atoms with van der Waals surface area (Å²) >= 11 is 0. The van der Waals surface area contributed by atoms with Crippen molar-refractivity contribution >= 4 is 6.47 Å². The molecular weight excluding hydrogens is 188 g/mol.